The first-order valence-corrected chi connectivity index (χ1v) is 10.4. The molecule has 0 aliphatic rings. The van der Waals surface area contributed by atoms with Gasteiger partial charge >= 0.3 is 0 Å². The van der Waals surface area contributed by atoms with Crippen molar-refractivity contribution >= 4 is 20.0 Å². The number of benzene rings is 2. The third kappa shape index (κ3) is 6.52. The largest absolute Gasteiger partial charge is 0.242 e. The molecule has 0 bridgehead atoms. The van der Waals surface area contributed by atoms with Gasteiger partial charge in [0.25, 0.3) is 0 Å². The van der Waals surface area contributed by atoms with Crippen molar-refractivity contribution in [2.24, 2.45) is 0 Å². The first-order valence-electron chi connectivity index (χ1n) is 7.14. The zero-order valence-electron chi connectivity index (χ0n) is 12.5. The molecule has 0 fully saturated rings. The molecule has 0 saturated carbocycles. The summed E-state index contributed by atoms with van der Waals surface area (Å²) in [6, 6.07) is 18.0. The summed E-state index contributed by atoms with van der Waals surface area (Å²) in [5.74, 6) is -0.636. The predicted molar refractivity (Wildman–Crippen MR) is 90.0 cm³/mol. The van der Waals surface area contributed by atoms with Crippen LogP contribution < -0.4 is 4.13 Å². The summed E-state index contributed by atoms with van der Waals surface area (Å²) < 4.78 is 50.7. The van der Waals surface area contributed by atoms with Gasteiger partial charge in [-0.25, -0.2) is 16.8 Å². The highest BCUT2D eigenvalue weighted by Crippen LogP contribution is 2.06. The van der Waals surface area contributed by atoms with Gasteiger partial charge in [-0.15, -0.1) is 0 Å². The molecule has 123 valence electrons. The molecular formula is C16H18NO4S2. The number of aryl methyl sites for hydroxylation is 2. The molecule has 5 nitrogen and oxygen atoms in total. The maximum Gasteiger partial charge on any atom is 0.242 e. The lowest BCUT2D eigenvalue weighted by molar-refractivity contribution is 0.575. The smallest absolute Gasteiger partial charge is 0.210 e. The van der Waals surface area contributed by atoms with Crippen LogP contribution >= 0.6 is 0 Å². The van der Waals surface area contributed by atoms with Crippen LogP contribution in [0.2, 0.25) is 0 Å². The minimum Gasteiger partial charge on any atom is -0.210 e. The summed E-state index contributed by atoms with van der Waals surface area (Å²) in [4.78, 5) is 0. The zero-order chi connectivity index (χ0) is 16.8. The molecule has 23 heavy (non-hydrogen) atoms. The third-order valence-electron chi connectivity index (χ3n) is 3.21. The Morgan fingerprint density at radius 3 is 1.30 bits per heavy atom. The van der Waals surface area contributed by atoms with E-state index in [-0.39, 0.29) is 24.3 Å². The molecule has 2 aromatic carbocycles. The molecule has 0 unspecified atom stereocenters. The Hall–Kier alpha value is -1.70. The molecule has 0 aromatic heterocycles. The van der Waals surface area contributed by atoms with E-state index in [9.17, 15) is 16.8 Å². The highest BCUT2D eigenvalue weighted by atomic mass is 32.3. The first kappa shape index (κ1) is 17.7. The number of hydrogen-bond donors (Lipinski definition) is 0. The normalized spacial score (nSPS) is 12.2. The van der Waals surface area contributed by atoms with Crippen LogP contribution in [-0.4, -0.2) is 28.3 Å². The molecular weight excluding hydrogens is 334 g/mol. The molecule has 0 atom stereocenters. The summed E-state index contributed by atoms with van der Waals surface area (Å²) in [5, 5.41) is 0. The minimum atomic E-state index is -4.00. The van der Waals surface area contributed by atoms with Gasteiger partial charge in [-0.2, -0.15) is 0 Å². The molecule has 0 spiro atoms. The quantitative estimate of drug-likeness (QED) is 0.724. The Balaban J connectivity index is 1.90. The zero-order valence-corrected chi connectivity index (χ0v) is 14.1. The van der Waals surface area contributed by atoms with E-state index < -0.39 is 20.0 Å². The molecule has 2 rings (SSSR count). The van der Waals surface area contributed by atoms with E-state index in [1.165, 1.54) is 0 Å². The molecule has 0 N–H and O–H groups in total. The van der Waals surface area contributed by atoms with E-state index in [2.05, 4.69) is 4.13 Å². The lowest BCUT2D eigenvalue weighted by Crippen LogP contribution is -2.29. The van der Waals surface area contributed by atoms with Crippen LogP contribution in [0.4, 0.5) is 0 Å². The van der Waals surface area contributed by atoms with Crippen LogP contribution in [0.25, 0.3) is 0 Å². The van der Waals surface area contributed by atoms with Crippen LogP contribution in [0.3, 0.4) is 0 Å². The van der Waals surface area contributed by atoms with Crippen LogP contribution in [0, 0.1) is 0 Å². The average molecular weight is 352 g/mol. The predicted octanol–water partition coefficient (Wildman–Crippen LogP) is 1.74. The van der Waals surface area contributed by atoms with E-state index in [1.807, 2.05) is 12.1 Å². The van der Waals surface area contributed by atoms with Gasteiger partial charge in [0, 0.05) is 4.13 Å². The van der Waals surface area contributed by atoms with E-state index in [0.29, 0.717) is 0 Å². The Kier molecular flexibility index (Phi) is 5.92. The molecule has 0 aliphatic heterocycles. The SMILES string of the molecule is O=S(=O)(CCc1ccccc1)[N]S(=O)(=O)CCc1ccccc1. The van der Waals surface area contributed by atoms with E-state index in [1.54, 1.807) is 48.5 Å². The van der Waals surface area contributed by atoms with Crippen LogP contribution in [0.1, 0.15) is 11.1 Å². The highest BCUT2D eigenvalue weighted by molar-refractivity contribution is 8.04. The Morgan fingerprint density at radius 2 is 0.957 bits per heavy atom. The first-order chi connectivity index (χ1) is 10.9. The van der Waals surface area contributed by atoms with Gasteiger partial charge in [0.15, 0.2) is 0 Å². The van der Waals surface area contributed by atoms with Gasteiger partial charge in [0.05, 0.1) is 11.5 Å². The van der Waals surface area contributed by atoms with Crippen molar-refractivity contribution in [1.29, 1.82) is 0 Å². The molecule has 0 aliphatic carbocycles. The monoisotopic (exact) mass is 352 g/mol. The molecule has 0 saturated heterocycles. The van der Waals surface area contributed by atoms with Crippen LogP contribution in [-0.2, 0) is 32.9 Å². The van der Waals surface area contributed by atoms with Crippen molar-refractivity contribution in [3.8, 4) is 0 Å². The lowest BCUT2D eigenvalue weighted by atomic mass is 10.2. The van der Waals surface area contributed by atoms with Crippen LogP contribution in [0.15, 0.2) is 60.7 Å². The second-order valence-corrected chi connectivity index (χ2v) is 8.86. The maximum absolute atomic E-state index is 11.9. The molecule has 7 heteroatoms. The minimum absolute atomic E-state index is 0.237. The van der Waals surface area contributed by atoms with Crippen molar-refractivity contribution in [2.45, 2.75) is 12.8 Å². The van der Waals surface area contributed by atoms with E-state index in [0.717, 1.165) is 11.1 Å². The highest BCUT2D eigenvalue weighted by Gasteiger charge is 2.23. The number of nitrogens with zero attached hydrogens (tertiary/aromatic N) is 1. The fourth-order valence-corrected chi connectivity index (χ4v) is 5.00. The summed E-state index contributed by atoms with van der Waals surface area (Å²) in [6.07, 6.45) is 0.474. The van der Waals surface area contributed by atoms with Crippen molar-refractivity contribution in [1.82, 2.24) is 4.13 Å². The van der Waals surface area contributed by atoms with Crippen molar-refractivity contribution in [3.05, 3.63) is 71.8 Å². The lowest BCUT2D eigenvalue weighted by Gasteiger charge is -2.06. The Bertz CT molecular complexity index is 745. The fourth-order valence-electron chi connectivity index (χ4n) is 2.03. The van der Waals surface area contributed by atoms with Crippen LogP contribution in [0.5, 0.6) is 0 Å². The van der Waals surface area contributed by atoms with Gasteiger partial charge in [-0.05, 0) is 24.0 Å². The van der Waals surface area contributed by atoms with Gasteiger partial charge < -0.3 is 0 Å². The number of hydrogen-bond acceptors (Lipinski definition) is 4. The van der Waals surface area contributed by atoms with Gasteiger partial charge in [-0.3, -0.25) is 0 Å². The van der Waals surface area contributed by atoms with Crippen molar-refractivity contribution in [3.63, 3.8) is 0 Å². The summed E-state index contributed by atoms with van der Waals surface area (Å²) in [7, 11) is -8.01. The van der Waals surface area contributed by atoms with E-state index >= 15 is 0 Å². The van der Waals surface area contributed by atoms with Gasteiger partial charge in [0.1, 0.15) is 0 Å². The van der Waals surface area contributed by atoms with Gasteiger partial charge in [0.2, 0.25) is 20.0 Å². The number of sulfonamides is 2. The second-order valence-electron chi connectivity index (χ2n) is 5.12. The van der Waals surface area contributed by atoms with Crippen molar-refractivity contribution in [2.75, 3.05) is 11.5 Å². The van der Waals surface area contributed by atoms with Crippen molar-refractivity contribution < 1.29 is 16.8 Å². The second kappa shape index (κ2) is 7.72. The average Bonchev–Trinajstić information content (AvgIpc) is 2.52. The van der Waals surface area contributed by atoms with E-state index in [4.69, 9.17) is 0 Å². The Labute approximate surface area is 137 Å². The molecule has 0 heterocycles. The van der Waals surface area contributed by atoms with Gasteiger partial charge in [-0.1, -0.05) is 60.7 Å². The fraction of sp³-hybridized carbons (Fsp3) is 0.250. The third-order valence-corrected chi connectivity index (χ3v) is 6.47. The molecule has 0 amide bonds. The number of rotatable bonds is 8. The standard InChI is InChI=1S/C16H18NO4S2/c18-22(19,13-11-15-7-3-1-4-8-15)17-23(20,21)14-12-16-9-5-2-6-10-16/h1-10H,11-14H2. The Morgan fingerprint density at radius 1 is 0.609 bits per heavy atom. The summed E-state index contributed by atoms with van der Waals surface area (Å²) in [5.41, 5.74) is 1.65. The molecule has 1 radical (unpaired) electrons. The summed E-state index contributed by atoms with van der Waals surface area (Å²) in [6.45, 7) is 0. The molecule has 2 aromatic rings. The topological polar surface area (TPSA) is 82.4 Å². The maximum atomic E-state index is 11.9. The summed E-state index contributed by atoms with van der Waals surface area (Å²) >= 11 is 0.